The van der Waals surface area contributed by atoms with E-state index in [-0.39, 0.29) is 17.7 Å². The quantitative estimate of drug-likeness (QED) is 0.885. The second-order valence-corrected chi connectivity index (χ2v) is 6.69. The van der Waals surface area contributed by atoms with E-state index in [0.717, 1.165) is 12.0 Å². The molecule has 1 aliphatic rings. The standard InChI is InChI=1S/C16H29N5O2/c1-6-16(2)12-21(7-8-23-16)15(22)17-10-14(19(3)4)13-9-18-20(5)11-13/h9,11,14H,6-8,10,12H2,1-5H3,(H,17,22)/t14-,16+/m0/s1. The number of morpholine rings is 1. The molecule has 2 atom stereocenters. The lowest BCUT2D eigenvalue weighted by atomic mass is 10.0. The van der Waals surface area contributed by atoms with Gasteiger partial charge in [-0.05, 0) is 27.4 Å². The molecule has 1 aliphatic heterocycles. The fourth-order valence-corrected chi connectivity index (χ4v) is 2.82. The second-order valence-electron chi connectivity index (χ2n) is 6.69. The molecule has 2 amide bonds. The van der Waals surface area contributed by atoms with Gasteiger partial charge in [-0.3, -0.25) is 4.68 Å². The van der Waals surface area contributed by atoms with Crippen molar-refractivity contribution in [2.75, 3.05) is 40.3 Å². The molecule has 130 valence electrons. The molecular formula is C16H29N5O2. The summed E-state index contributed by atoms with van der Waals surface area (Å²) in [5, 5.41) is 7.27. The van der Waals surface area contributed by atoms with Crippen molar-refractivity contribution in [2.24, 2.45) is 7.05 Å². The maximum atomic E-state index is 12.5. The van der Waals surface area contributed by atoms with E-state index in [1.54, 1.807) is 4.68 Å². The van der Waals surface area contributed by atoms with E-state index in [4.69, 9.17) is 4.74 Å². The lowest BCUT2D eigenvalue weighted by molar-refractivity contribution is -0.0873. The Bertz CT molecular complexity index is 530. The summed E-state index contributed by atoms with van der Waals surface area (Å²) in [4.78, 5) is 16.4. The van der Waals surface area contributed by atoms with Crippen LogP contribution in [-0.2, 0) is 11.8 Å². The molecule has 1 N–H and O–H groups in total. The molecule has 0 saturated carbocycles. The highest BCUT2D eigenvalue weighted by molar-refractivity contribution is 5.74. The third kappa shape index (κ3) is 4.45. The molecule has 1 saturated heterocycles. The number of aromatic nitrogens is 2. The molecule has 2 heterocycles. The van der Waals surface area contributed by atoms with E-state index in [1.165, 1.54) is 0 Å². The summed E-state index contributed by atoms with van der Waals surface area (Å²) in [5.41, 5.74) is 0.859. The average molecular weight is 323 g/mol. The molecule has 2 rings (SSSR count). The first-order chi connectivity index (χ1) is 10.8. The maximum Gasteiger partial charge on any atom is 0.317 e. The molecule has 23 heavy (non-hydrogen) atoms. The molecule has 0 spiro atoms. The van der Waals surface area contributed by atoms with Crippen LogP contribution in [0.5, 0.6) is 0 Å². The molecule has 1 aromatic heterocycles. The van der Waals surface area contributed by atoms with Gasteiger partial charge in [0.25, 0.3) is 0 Å². The van der Waals surface area contributed by atoms with Crippen molar-refractivity contribution in [3.05, 3.63) is 18.0 Å². The van der Waals surface area contributed by atoms with Gasteiger partial charge in [0.15, 0.2) is 0 Å². The van der Waals surface area contributed by atoms with Crippen LogP contribution in [0.25, 0.3) is 0 Å². The van der Waals surface area contributed by atoms with Gasteiger partial charge in [0.1, 0.15) is 0 Å². The molecule has 0 unspecified atom stereocenters. The van der Waals surface area contributed by atoms with Gasteiger partial charge in [-0.2, -0.15) is 5.10 Å². The Balaban J connectivity index is 1.94. The number of nitrogens with zero attached hydrogens (tertiary/aromatic N) is 4. The average Bonchev–Trinajstić information content (AvgIpc) is 2.93. The lowest BCUT2D eigenvalue weighted by Gasteiger charge is -2.40. The largest absolute Gasteiger partial charge is 0.372 e. The number of amides is 2. The fraction of sp³-hybridized carbons (Fsp3) is 0.750. The number of carbonyl (C=O) groups is 1. The highest BCUT2D eigenvalue weighted by atomic mass is 16.5. The van der Waals surface area contributed by atoms with Crippen molar-refractivity contribution in [1.29, 1.82) is 0 Å². The summed E-state index contributed by atoms with van der Waals surface area (Å²) >= 11 is 0. The van der Waals surface area contributed by atoms with Gasteiger partial charge in [-0.25, -0.2) is 4.79 Å². The van der Waals surface area contributed by atoms with Gasteiger partial charge >= 0.3 is 6.03 Å². The van der Waals surface area contributed by atoms with E-state index in [9.17, 15) is 4.79 Å². The van der Waals surface area contributed by atoms with E-state index in [2.05, 4.69) is 29.2 Å². The first-order valence-corrected chi connectivity index (χ1v) is 8.16. The highest BCUT2D eigenvalue weighted by Gasteiger charge is 2.32. The van der Waals surface area contributed by atoms with Gasteiger partial charge in [-0.15, -0.1) is 0 Å². The number of nitrogens with one attached hydrogen (secondary N) is 1. The van der Waals surface area contributed by atoms with Crippen LogP contribution in [0.2, 0.25) is 0 Å². The number of rotatable bonds is 5. The first-order valence-electron chi connectivity index (χ1n) is 8.16. The number of hydrogen-bond donors (Lipinski definition) is 1. The van der Waals surface area contributed by atoms with Crippen LogP contribution in [0.1, 0.15) is 31.9 Å². The van der Waals surface area contributed by atoms with Gasteiger partial charge in [0.05, 0.1) is 31.0 Å². The van der Waals surface area contributed by atoms with Crippen molar-refractivity contribution in [3.63, 3.8) is 0 Å². The van der Waals surface area contributed by atoms with Crippen LogP contribution < -0.4 is 5.32 Å². The summed E-state index contributed by atoms with van der Waals surface area (Å²) in [6.45, 7) is 6.57. The SMILES string of the molecule is CC[C@]1(C)CN(C(=O)NC[C@@H](c2cnn(C)c2)N(C)C)CCO1. The summed E-state index contributed by atoms with van der Waals surface area (Å²) in [6, 6.07) is 0.0787. The zero-order valence-corrected chi connectivity index (χ0v) is 14.9. The molecule has 0 bridgehead atoms. The zero-order chi connectivity index (χ0) is 17.0. The zero-order valence-electron chi connectivity index (χ0n) is 14.9. The Hall–Kier alpha value is -1.60. The third-order valence-corrected chi connectivity index (χ3v) is 4.55. The third-order valence-electron chi connectivity index (χ3n) is 4.55. The molecule has 7 nitrogen and oxygen atoms in total. The van der Waals surface area contributed by atoms with Crippen molar-refractivity contribution in [3.8, 4) is 0 Å². The molecular weight excluding hydrogens is 294 g/mol. The Labute approximate surface area is 138 Å². The van der Waals surface area contributed by atoms with E-state index < -0.39 is 0 Å². The second kappa shape index (κ2) is 7.31. The summed E-state index contributed by atoms with van der Waals surface area (Å²) in [5.74, 6) is 0. The monoisotopic (exact) mass is 323 g/mol. The van der Waals surface area contributed by atoms with Gasteiger partial charge in [0, 0.05) is 31.9 Å². The van der Waals surface area contributed by atoms with Crippen molar-refractivity contribution < 1.29 is 9.53 Å². The van der Waals surface area contributed by atoms with Gasteiger partial charge in [0.2, 0.25) is 0 Å². The predicted octanol–water partition coefficient (Wildman–Crippen LogP) is 1.23. The molecule has 1 aromatic rings. The Kier molecular flexibility index (Phi) is 5.64. The van der Waals surface area contributed by atoms with Crippen LogP contribution in [0.4, 0.5) is 4.79 Å². The minimum absolute atomic E-state index is 0.0243. The number of hydrogen-bond acceptors (Lipinski definition) is 4. The normalized spacial score (nSPS) is 23.1. The maximum absolute atomic E-state index is 12.5. The summed E-state index contributed by atoms with van der Waals surface area (Å²) in [6.07, 6.45) is 4.73. The smallest absolute Gasteiger partial charge is 0.317 e. The van der Waals surface area contributed by atoms with E-state index >= 15 is 0 Å². The number of aryl methyl sites for hydroxylation is 1. The van der Waals surface area contributed by atoms with Crippen molar-refractivity contribution in [1.82, 2.24) is 24.9 Å². The van der Waals surface area contributed by atoms with Crippen LogP contribution in [-0.4, -0.2) is 71.5 Å². The highest BCUT2D eigenvalue weighted by Crippen LogP contribution is 2.21. The molecule has 0 aliphatic carbocycles. The van der Waals surface area contributed by atoms with Crippen LogP contribution >= 0.6 is 0 Å². The Morgan fingerprint density at radius 2 is 2.30 bits per heavy atom. The minimum Gasteiger partial charge on any atom is -0.372 e. The Morgan fingerprint density at radius 3 is 2.87 bits per heavy atom. The number of urea groups is 1. The number of carbonyl (C=O) groups excluding carboxylic acids is 1. The van der Waals surface area contributed by atoms with Gasteiger partial charge < -0.3 is 19.9 Å². The van der Waals surface area contributed by atoms with Crippen LogP contribution in [0.15, 0.2) is 12.4 Å². The summed E-state index contributed by atoms with van der Waals surface area (Å²) < 4.78 is 7.57. The molecule has 7 heteroatoms. The Morgan fingerprint density at radius 1 is 1.57 bits per heavy atom. The van der Waals surface area contributed by atoms with Crippen molar-refractivity contribution >= 4 is 6.03 Å². The van der Waals surface area contributed by atoms with Crippen LogP contribution in [0.3, 0.4) is 0 Å². The number of likely N-dealkylation sites (N-methyl/N-ethyl adjacent to an activating group) is 1. The first kappa shape index (κ1) is 17.7. The lowest BCUT2D eigenvalue weighted by Crippen LogP contribution is -2.55. The minimum atomic E-state index is -0.236. The van der Waals surface area contributed by atoms with E-state index in [1.807, 2.05) is 38.4 Å². The number of ether oxygens (including phenoxy) is 1. The molecule has 0 radical (unpaired) electrons. The van der Waals surface area contributed by atoms with E-state index in [0.29, 0.717) is 26.2 Å². The fourth-order valence-electron chi connectivity index (χ4n) is 2.82. The van der Waals surface area contributed by atoms with Crippen LogP contribution in [0, 0.1) is 0 Å². The van der Waals surface area contributed by atoms with Crippen molar-refractivity contribution in [2.45, 2.75) is 31.9 Å². The topological polar surface area (TPSA) is 62.6 Å². The molecule has 0 aromatic carbocycles. The summed E-state index contributed by atoms with van der Waals surface area (Å²) in [7, 11) is 5.91. The molecule has 1 fully saturated rings. The van der Waals surface area contributed by atoms with Gasteiger partial charge in [-0.1, -0.05) is 6.92 Å². The predicted molar refractivity (Wildman–Crippen MR) is 89.3 cm³/mol.